The van der Waals surface area contributed by atoms with Crippen LogP contribution in [0.2, 0.25) is 0 Å². The number of nitrogens with zero attached hydrogens (tertiary/aromatic N) is 4. The first-order valence-electron chi connectivity index (χ1n) is 11.2. The molecule has 0 unspecified atom stereocenters. The standard InChI is InChI=1S/C14H14N3.C13H15N3.ClH/c1-2-16-11-17(12-7-4-3-5-8-12)13-9-6-10-15-14(13)16;1-2-14-13-12(9-6-10-15-13)16-11-7-4-3-5-8-11;/h3-11H,2H2,1H3;3-10,16H,2H2,1H3,(H,14,15);1H/q+1;;/p-1. The summed E-state index contributed by atoms with van der Waals surface area (Å²) in [5.41, 5.74) is 5.39. The normalized spacial score (nSPS) is 10.1. The molecule has 0 saturated carbocycles. The van der Waals surface area contributed by atoms with E-state index in [1.54, 1.807) is 6.20 Å². The number of hydrogen-bond donors (Lipinski definition) is 2. The van der Waals surface area contributed by atoms with Crippen LogP contribution in [0.1, 0.15) is 13.8 Å². The smallest absolute Gasteiger partial charge is 0.302 e. The third-order valence-electron chi connectivity index (χ3n) is 5.13. The number of halogens is 1. The Morgan fingerprint density at radius 2 is 1.47 bits per heavy atom. The van der Waals surface area contributed by atoms with Gasteiger partial charge in [-0.3, -0.25) is 0 Å². The van der Waals surface area contributed by atoms with Gasteiger partial charge < -0.3 is 23.0 Å². The maximum atomic E-state index is 4.44. The monoisotopic (exact) mass is 472 g/mol. The SMILES string of the molecule is CCNc1ncccc1Nc1ccccc1.CC[n+]1cn(-c2ccccc2)c2cccnc21.[Cl-]. The number of para-hydroxylation sites is 2. The molecule has 3 heterocycles. The Labute approximate surface area is 206 Å². The van der Waals surface area contributed by atoms with Crippen molar-refractivity contribution in [2.24, 2.45) is 0 Å². The summed E-state index contributed by atoms with van der Waals surface area (Å²) in [6.07, 6.45) is 5.73. The first-order chi connectivity index (χ1) is 16.3. The Morgan fingerprint density at radius 3 is 2.18 bits per heavy atom. The van der Waals surface area contributed by atoms with E-state index in [0.717, 1.165) is 47.1 Å². The number of pyridine rings is 2. The molecule has 0 atom stereocenters. The lowest BCUT2D eigenvalue weighted by Crippen LogP contribution is -3.00. The van der Waals surface area contributed by atoms with Gasteiger partial charge in [-0.1, -0.05) is 36.4 Å². The molecule has 0 aliphatic rings. The van der Waals surface area contributed by atoms with E-state index in [9.17, 15) is 0 Å². The molecule has 2 aromatic carbocycles. The van der Waals surface area contributed by atoms with Crippen LogP contribution in [0.3, 0.4) is 0 Å². The van der Waals surface area contributed by atoms with E-state index in [1.807, 2.05) is 72.9 Å². The van der Waals surface area contributed by atoms with Gasteiger partial charge in [0.15, 0.2) is 11.8 Å². The highest BCUT2D eigenvalue weighted by molar-refractivity contribution is 5.71. The Bertz CT molecular complexity index is 1290. The molecule has 0 aliphatic heterocycles. The van der Waals surface area contributed by atoms with Gasteiger partial charge in [-0.15, -0.1) is 4.98 Å². The number of aromatic nitrogens is 4. The molecule has 6 nitrogen and oxygen atoms in total. The van der Waals surface area contributed by atoms with Crippen LogP contribution < -0.4 is 27.6 Å². The average molecular weight is 473 g/mol. The predicted octanol–water partition coefficient (Wildman–Crippen LogP) is 2.59. The van der Waals surface area contributed by atoms with Gasteiger partial charge in [-0.25, -0.2) is 14.1 Å². The van der Waals surface area contributed by atoms with Crippen molar-refractivity contribution < 1.29 is 17.0 Å². The number of imidazole rings is 1. The van der Waals surface area contributed by atoms with Crippen LogP contribution in [-0.4, -0.2) is 21.1 Å². The Morgan fingerprint density at radius 1 is 0.794 bits per heavy atom. The second-order valence-electron chi connectivity index (χ2n) is 7.37. The van der Waals surface area contributed by atoms with E-state index in [-0.39, 0.29) is 12.4 Å². The van der Waals surface area contributed by atoms with Crippen LogP contribution >= 0.6 is 0 Å². The second kappa shape index (κ2) is 12.4. The number of aryl methyl sites for hydroxylation is 1. The summed E-state index contributed by atoms with van der Waals surface area (Å²) in [7, 11) is 0. The van der Waals surface area contributed by atoms with Gasteiger partial charge in [0.05, 0.1) is 12.2 Å². The number of nitrogens with one attached hydrogen (secondary N) is 2. The number of fused-ring (bicyclic) bond motifs is 1. The summed E-state index contributed by atoms with van der Waals surface area (Å²) in [4.78, 5) is 8.73. The van der Waals surface area contributed by atoms with Gasteiger partial charge in [0, 0.05) is 18.4 Å². The molecule has 7 heteroatoms. The molecular formula is C27H29ClN6. The van der Waals surface area contributed by atoms with E-state index in [2.05, 4.69) is 68.1 Å². The topological polar surface area (TPSA) is 58.7 Å². The maximum Gasteiger partial charge on any atom is 0.302 e. The van der Waals surface area contributed by atoms with Crippen LogP contribution in [0.25, 0.3) is 16.9 Å². The summed E-state index contributed by atoms with van der Waals surface area (Å²) in [5, 5.41) is 6.56. The minimum absolute atomic E-state index is 0. The molecule has 0 radical (unpaired) electrons. The van der Waals surface area contributed by atoms with Gasteiger partial charge in [0.2, 0.25) is 0 Å². The molecule has 34 heavy (non-hydrogen) atoms. The van der Waals surface area contributed by atoms with Crippen LogP contribution in [0.4, 0.5) is 17.2 Å². The fourth-order valence-corrected chi connectivity index (χ4v) is 3.57. The predicted molar refractivity (Wildman–Crippen MR) is 135 cm³/mol. The number of hydrogen-bond acceptors (Lipinski definition) is 4. The van der Waals surface area contributed by atoms with E-state index >= 15 is 0 Å². The molecule has 2 N–H and O–H groups in total. The van der Waals surface area contributed by atoms with Crippen molar-refractivity contribution in [3.63, 3.8) is 0 Å². The first-order valence-corrected chi connectivity index (χ1v) is 11.2. The Balaban J connectivity index is 0.000000186. The molecular weight excluding hydrogens is 444 g/mol. The highest BCUT2D eigenvalue weighted by atomic mass is 35.5. The van der Waals surface area contributed by atoms with Crippen molar-refractivity contribution >= 4 is 28.4 Å². The van der Waals surface area contributed by atoms with E-state index in [4.69, 9.17) is 0 Å². The van der Waals surface area contributed by atoms with Crippen molar-refractivity contribution in [2.75, 3.05) is 17.2 Å². The van der Waals surface area contributed by atoms with Crippen LogP contribution in [0.15, 0.2) is 104 Å². The highest BCUT2D eigenvalue weighted by Crippen LogP contribution is 2.22. The lowest BCUT2D eigenvalue weighted by molar-refractivity contribution is -0.670. The molecule has 174 valence electrons. The van der Waals surface area contributed by atoms with Gasteiger partial charge in [0.1, 0.15) is 17.7 Å². The summed E-state index contributed by atoms with van der Waals surface area (Å²) < 4.78 is 4.33. The van der Waals surface area contributed by atoms with Crippen molar-refractivity contribution in [1.82, 2.24) is 14.5 Å². The minimum atomic E-state index is 0. The number of rotatable bonds is 6. The van der Waals surface area contributed by atoms with Crippen molar-refractivity contribution in [3.8, 4) is 5.69 Å². The van der Waals surface area contributed by atoms with Crippen LogP contribution in [0, 0.1) is 0 Å². The molecule has 0 fully saturated rings. The summed E-state index contributed by atoms with van der Waals surface area (Å²) in [5.74, 6) is 0.883. The zero-order valence-electron chi connectivity index (χ0n) is 19.4. The second-order valence-corrected chi connectivity index (χ2v) is 7.37. The van der Waals surface area contributed by atoms with E-state index in [0.29, 0.717) is 0 Å². The summed E-state index contributed by atoms with van der Waals surface area (Å²) in [6.45, 7) is 5.97. The zero-order valence-corrected chi connectivity index (χ0v) is 20.2. The first kappa shape index (κ1) is 24.7. The lowest BCUT2D eigenvalue weighted by Gasteiger charge is -2.11. The third kappa shape index (κ3) is 5.91. The molecule has 0 aliphatic carbocycles. The molecule has 0 saturated heterocycles. The summed E-state index contributed by atoms with van der Waals surface area (Å²) in [6, 6.07) is 28.4. The molecule has 0 spiro atoms. The highest BCUT2D eigenvalue weighted by Gasteiger charge is 2.15. The molecule has 5 aromatic rings. The van der Waals surface area contributed by atoms with Gasteiger partial charge in [-0.05, 0) is 62.4 Å². The quantitative estimate of drug-likeness (QED) is 0.373. The molecule has 0 bridgehead atoms. The van der Waals surface area contributed by atoms with Crippen molar-refractivity contribution in [3.05, 3.63) is 104 Å². The Kier molecular flexibility index (Phi) is 9.00. The largest absolute Gasteiger partial charge is 1.00 e. The molecule has 0 amide bonds. The Hall–Kier alpha value is -3.90. The van der Waals surface area contributed by atoms with Crippen molar-refractivity contribution in [2.45, 2.75) is 20.4 Å². The lowest BCUT2D eigenvalue weighted by atomic mass is 10.3. The van der Waals surface area contributed by atoms with Crippen molar-refractivity contribution in [1.29, 1.82) is 0 Å². The van der Waals surface area contributed by atoms with Gasteiger partial charge in [0.25, 0.3) is 0 Å². The fraction of sp³-hybridized carbons (Fsp3) is 0.148. The van der Waals surface area contributed by atoms with E-state index in [1.165, 1.54) is 0 Å². The van der Waals surface area contributed by atoms with Gasteiger partial charge in [-0.2, -0.15) is 0 Å². The molecule has 5 rings (SSSR count). The number of benzene rings is 2. The van der Waals surface area contributed by atoms with Crippen LogP contribution in [0.5, 0.6) is 0 Å². The van der Waals surface area contributed by atoms with Crippen LogP contribution in [-0.2, 0) is 6.54 Å². The third-order valence-corrected chi connectivity index (χ3v) is 5.13. The minimum Gasteiger partial charge on any atom is -1.00 e. The fourth-order valence-electron chi connectivity index (χ4n) is 3.57. The summed E-state index contributed by atoms with van der Waals surface area (Å²) >= 11 is 0. The maximum absolute atomic E-state index is 4.44. The van der Waals surface area contributed by atoms with E-state index < -0.39 is 0 Å². The number of anilines is 3. The molecule has 3 aromatic heterocycles. The average Bonchev–Trinajstić information content (AvgIpc) is 3.26. The zero-order chi connectivity index (χ0) is 22.9. The van der Waals surface area contributed by atoms with Gasteiger partial charge >= 0.3 is 5.65 Å².